The molecule has 2 nitrogen and oxygen atoms in total. The van der Waals surface area contributed by atoms with E-state index in [-0.39, 0.29) is 5.41 Å². The van der Waals surface area contributed by atoms with Crippen molar-refractivity contribution < 1.29 is 4.74 Å². The lowest BCUT2D eigenvalue weighted by Gasteiger charge is -2.24. The summed E-state index contributed by atoms with van der Waals surface area (Å²) >= 11 is 3.60. The van der Waals surface area contributed by atoms with Gasteiger partial charge < -0.3 is 10.1 Å². The van der Waals surface area contributed by atoms with Crippen molar-refractivity contribution in [3.63, 3.8) is 0 Å². The van der Waals surface area contributed by atoms with Gasteiger partial charge in [-0.1, -0.05) is 43.6 Å². The molecule has 0 saturated carbocycles. The van der Waals surface area contributed by atoms with Crippen LogP contribution in [0.4, 0.5) is 0 Å². The predicted octanol–water partition coefficient (Wildman–Crippen LogP) is 4.04. The van der Waals surface area contributed by atoms with E-state index in [1.54, 1.807) is 0 Å². The lowest BCUT2D eigenvalue weighted by molar-refractivity contribution is 0.306. The van der Waals surface area contributed by atoms with E-state index in [2.05, 4.69) is 68.0 Å². The van der Waals surface area contributed by atoms with Crippen LogP contribution in [0, 0.1) is 6.92 Å². The van der Waals surface area contributed by atoms with E-state index in [4.69, 9.17) is 4.74 Å². The summed E-state index contributed by atoms with van der Waals surface area (Å²) in [5, 5.41) is 3.27. The Morgan fingerprint density at radius 2 is 1.94 bits per heavy atom. The fourth-order valence-electron chi connectivity index (χ4n) is 1.77. The first-order valence-corrected chi connectivity index (χ1v) is 7.29. The average molecular weight is 314 g/mol. The van der Waals surface area contributed by atoms with Crippen LogP contribution in [0.25, 0.3) is 0 Å². The summed E-state index contributed by atoms with van der Waals surface area (Å²) in [5.41, 5.74) is 2.54. The van der Waals surface area contributed by atoms with Gasteiger partial charge in [-0.2, -0.15) is 0 Å². The third kappa shape index (κ3) is 4.29. The first kappa shape index (κ1) is 15.5. The summed E-state index contributed by atoms with van der Waals surface area (Å²) in [6.07, 6.45) is 0. The molecule has 0 unspecified atom stereocenters. The van der Waals surface area contributed by atoms with E-state index in [0.29, 0.717) is 6.61 Å². The second-order valence-corrected chi connectivity index (χ2v) is 6.40. The number of ether oxygens (including phenoxy) is 1. The molecule has 0 fully saturated rings. The molecule has 0 saturated heterocycles. The Kier molecular flexibility index (Phi) is 5.67. The van der Waals surface area contributed by atoms with Gasteiger partial charge in [-0.05, 0) is 36.6 Å². The fraction of sp³-hybridized carbons (Fsp3) is 0.600. The number of likely N-dealkylation sites (N-methyl/N-ethyl adjacent to an activating group) is 1. The van der Waals surface area contributed by atoms with Crippen LogP contribution in [0.15, 0.2) is 16.6 Å². The number of halogens is 1. The topological polar surface area (TPSA) is 21.3 Å². The Bertz CT molecular complexity index is 396. The molecule has 3 heteroatoms. The molecule has 102 valence electrons. The molecular formula is C15H24BrNO. The third-order valence-electron chi connectivity index (χ3n) is 2.86. The van der Waals surface area contributed by atoms with Crippen molar-refractivity contribution in [1.29, 1.82) is 0 Å². The van der Waals surface area contributed by atoms with Gasteiger partial charge in [-0.25, -0.2) is 0 Å². The van der Waals surface area contributed by atoms with E-state index < -0.39 is 0 Å². The van der Waals surface area contributed by atoms with Gasteiger partial charge in [-0.3, -0.25) is 0 Å². The highest BCUT2D eigenvalue weighted by Crippen LogP contribution is 2.35. The number of benzene rings is 1. The van der Waals surface area contributed by atoms with Gasteiger partial charge in [0.05, 0.1) is 0 Å². The zero-order valence-electron chi connectivity index (χ0n) is 12.1. The van der Waals surface area contributed by atoms with E-state index in [1.165, 1.54) is 11.1 Å². The van der Waals surface area contributed by atoms with Crippen LogP contribution in [-0.4, -0.2) is 19.7 Å². The standard InChI is InChI=1S/C15H24BrNO/c1-6-17-7-8-18-14-9-11(2)13(16)10-12(14)15(3,4)5/h9-10,17H,6-8H2,1-5H3. The maximum Gasteiger partial charge on any atom is 0.123 e. The molecule has 0 amide bonds. The first-order chi connectivity index (χ1) is 8.36. The normalized spacial score (nSPS) is 11.7. The molecular weight excluding hydrogens is 290 g/mol. The van der Waals surface area contributed by atoms with Crippen LogP contribution in [0.5, 0.6) is 5.75 Å². The van der Waals surface area contributed by atoms with E-state index in [0.717, 1.165) is 23.3 Å². The minimum Gasteiger partial charge on any atom is -0.492 e. The fourth-order valence-corrected chi connectivity index (χ4v) is 2.11. The molecule has 18 heavy (non-hydrogen) atoms. The molecule has 1 N–H and O–H groups in total. The summed E-state index contributed by atoms with van der Waals surface area (Å²) in [6.45, 7) is 13.4. The largest absolute Gasteiger partial charge is 0.492 e. The predicted molar refractivity (Wildman–Crippen MR) is 81.6 cm³/mol. The second kappa shape index (κ2) is 6.58. The van der Waals surface area contributed by atoms with Crippen LogP contribution < -0.4 is 10.1 Å². The Morgan fingerprint density at radius 1 is 1.28 bits per heavy atom. The van der Waals surface area contributed by atoms with Gasteiger partial charge in [0.15, 0.2) is 0 Å². The van der Waals surface area contributed by atoms with Crippen molar-refractivity contribution >= 4 is 15.9 Å². The highest BCUT2D eigenvalue weighted by Gasteiger charge is 2.20. The van der Waals surface area contributed by atoms with Crippen LogP contribution in [-0.2, 0) is 5.41 Å². The zero-order chi connectivity index (χ0) is 13.8. The quantitative estimate of drug-likeness (QED) is 0.828. The Labute approximate surface area is 119 Å². The molecule has 0 bridgehead atoms. The molecule has 0 aromatic heterocycles. The molecule has 0 atom stereocenters. The summed E-state index contributed by atoms with van der Waals surface area (Å²) in [5.74, 6) is 1.00. The summed E-state index contributed by atoms with van der Waals surface area (Å²) in [4.78, 5) is 0. The monoisotopic (exact) mass is 313 g/mol. The highest BCUT2D eigenvalue weighted by atomic mass is 79.9. The molecule has 0 aliphatic carbocycles. The summed E-state index contributed by atoms with van der Waals surface area (Å²) < 4.78 is 7.06. The zero-order valence-corrected chi connectivity index (χ0v) is 13.6. The maximum absolute atomic E-state index is 5.92. The lowest BCUT2D eigenvalue weighted by atomic mass is 9.86. The minimum absolute atomic E-state index is 0.0870. The number of aryl methyl sites for hydroxylation is 1. The summed E-state index contributed by atoms with van der Waals surface area (Å²) in [7, 11) is 0. The van der Waals surface area contributed by atoms with E-state index in [9.17, 15) is 0 Å². The minimum atomic E-state index is 0.0870. The number of rotatable bonds is 5. The third-order valence-corrected chi connectivity index (χ3v) is 3.71. The Morgan fingerprint density at radius 3 is 2.50 bits per heavy atom. The number of hydrogen-bond acceptors (Lipinski definition) is 2. The van der Waals surface area contributed by atoms with Crippen LogP contribution in [0.2, 0.25) is 0 Å². The van der Waals surface area contributed by atoms with Gasteiger partial charge in [0.25, 0.3) is 0 Å². The van der Waals surface area contributed by atoms with Crippen molar-refractivity contribution in [2.45, 2.75) is 40.0 Å². The van der Waals surface area contributed by atoms with Crippen molar-refractivity contribution in [3.8, 4) is 5.75 Å². The lowest BCUT2D eigenvalue weighted by Crippen LogP contribution is -2.21. The van der Waals surface area contributed by atoms with Crippen LogP contribution >= 0.6 is 15.9 Å². The number of hydrogen-bond donors (Lipinski definition) is 1. The molecule has 0 spiro atoms. The Balaban J connectivity index is 2.90. The van der Waals surface area contributed by atoms with Crippen molar-refractivity contribution in [1.82, 2.24) is 5.32 Å². The van der Waals surface area contributed by atoms with Crippen molar-refractivity contribution in [2.75, 3.05) is 19.7 Å². The van der Waals surface area contributed by atoms with E-state index in [1.807, 2.05) is 0 Å². The van der Waals surface area contributed by atoms with Gasteiger partial charge in [0, 0.05) is 16.6 Å². The van der Waals surface area contributed by atoms with Crippen molar-refractivity contribution in [3.05, 3.63) is 27.7 Å². The van der Waals surface area contributed by atoms with Gasteiger partial charge in [-0.15, -0.1) is 0 Å². The van der Waals surface area contributed by atoms with Gasteiger partial charge in [0.1, 0.15) is 12.4 Å². The molecule has 1 rings (SSSR count). The molecule has 0 heterocycles. The molecule has 1 aromatic rings. The van der Waals surface area contributed by atoms with Crippen molar-refractivity contribution in [2.24, 2.45) is 0 Å². The molecule has 1 aromatic carbocycles. The van der Waals surface area contributed by atoms with Gasteiger partial charge in [0.2, 0.25) is 0 Å². The van der Waals surface area contributed by atoms with E-state index >= 15 is 0 Å². The highest BCUT2D eigenvalue weighted by molar-refractivity contribution is 9.10. The maximum atomic E-state index is 5.92. The molecule has 0 aliphatic rings. The smallest absolute Gasteiger partial charge is 0.123 e. The SMILES string of the molecule is CCNCCOc1cc(C)c(Br)cc1C(C)(C)C. The molecule has 0 aliphatic heterocycles. The average Bonchev–Trinajstić information content (AvgIpc) is 2.27. The second-order valence-electron chi connectivity index (χ2n) is 5.55. The Hall–Kier alpha value is -0.540. The first-order valence-electron chi connectivity index (χ1n) is 6.50. The van der Waals surface area contributed by atoms with Crippen LogP contribution in [0.1, 0.15) is 38.8 Å². The van der Waals surface area contributed by atoms with Crippen LogP contribution in [0.3, 0.4) is 0 Å². The summed E-state index contributed by atoms with van der Waals surface area (Å²) in [6, 6.07) is 4.30. The number of nitrogens with one attached hydrogen (secondary N) is 1. The van der Waals surface area contributed by atoms with Gasteiger partial charge >= 0.3 is 0 Å². The molecule has 0 radical (unpaired) electrons.